The van der Waals surface area contributed by atoms with E-state index < -0.39 is 17.7 Å². The van der Waals surface area contributed by atoms with Crippen molar-refractivity contribution in [1.29, 1.82) is 0 Å². The number of nitrogens with zero attached hydrogens (tertiary/aromatic N) is 1. The first-order chi connectivity index (χ1) is 8.34. The van der Waals surface area contributed by atoms with Crippen molar-refractivity contribution in [2.75, 3.05) is 13.2 Å². The molecule has 0 spiro atoms. The minimum atomic E-state index is -4.49. The number of carbonyl (C=O) groups is 1. The quantitative estimate of drug-likeness (QED) is 0.689. The third-order valence-electron chi connectivity index (χ3n) is 1.96. The fourth-order valence-electron chi connectivity index (χ4n) is 1.15. The van der Waals surface area contributed by atoms with Gasteiger partial charge in [-0.2, -0.15) is 13.2 Å². The Morgan fingerprint density at radius 3 is 2.63 bits per heavy atom. The van der Waals surface area contributed by atoms with Crippen LogP contribution in [0.5, 0.6) is 0 Å². The Hall–Kier alpha value is -1.05. The minimum absolute atomic E-state index is 0. The first kappa shape index (κ1) is 17.9. The second-order valence-corrected chi connectivity index (χ2v) is 3.71. The van der Waals surface area contributed by atoms with Crippen LogP contribution in [0.1, 0.15) is 12.5 Å². The van der Waals surface area contributed by atoms with Crippen molar-refractivity contribution in [2.45, 2.75) is 13.1 Å². The Morgan fingerprint density at radius 2 is 2.16 bits per heavy atom. The number of hydrogen-bond acceptors (Lipinski definition) is 3. The van der Waals surface area contributed by atoms with Gasteiger partial charge in [-0.1, -0.05) is 11.6 Å². The highest BCUT2D eigenvalue weighted by Gasteiger charge is 2.32. The number of hydrogen-bond donors (Lipinski definition) is 1. The molecule has 0 aliphatic rings. The summed E-state index contributed by atoms with van der Waals surface area (Å²) >= 11 is 5.65. The van der Waals surface area contributed by atoms with E-state index in [0.717, 1.165) is 6.07 Å². The van der Waals surface area contributed by atoms with Gasteiger partial charge < -0.3 is 17.1 Å². The minimum Gasteiger partial charge on any atom is -1.00 e. The van der Waals surface area contributed by atoms with Gasteiger partial charge >= 0.3 is 12.1 Å². The Morgan fingerprint density at radius 1 is 1.53 bits per heavy atom. The molecule has 19 heavy (non-hydrogen) atoms. The molecule has 2 N–H and O–H groups in total. The molecule has 1 aromatic rings. The normalized spacial score (nSPS) is 10.8. The number of aromatic nitrogens is 1. The molecular formula is C10H11Cl2F3N2O2. The van der Waals surface area contributed by atoms with E-state index in [1.54, 1.807) is 6.92 Å². The highest BCUT2D eigenvalue weighted by atomic mass is 35.5. The fourth-order valence-corrected chi connectivity index (χ4v) is 1.40. The molecule has 108 valence electrons. The highest BCUT2D eigenvalue weighted by molar-refractivity contribution is 6.32. The van der Waals surface area contributed by atoms with Gasteiger partial charge in [0.1, 0.15) is 5.02 Å². The van der Waals surface area contributed by atoms with E-state index in [-0.39, 0.29) is 36.4 Å². The third kappa shape index (κ3) is 5.63. The number of pyridine rings is 1. The largest absolute Gasteiger partial charge is 1.00 e. The molecule has 0 amide bonds. The van der Waals surface area contributed by atoms with E-state index in [4.69, 9.17) is 11.6 Å². The zero-order chi connectivity index (χ0) is 13.8. The van der Waals surface area contributed by atoms with Gasteiger partial charge in [-0.25, -0.2) is 9.78 Å². The summed E-state index contributed by atoms with van der Waals surface area (Å²) in [7, 11) is 0. The van der Waals surface area contributed by atoms with Crippen molar-refractivity contribution >= 4 is 23.4 Å². The average molecular weight is 319 g/mol. The number of halogens is 5. The van der Waals surface area contributed by atoms with Gasteiger partial charge in [0.25, 0.3) is 0 Å². The molecule has 9 heteroatoms. The van der Waals surface area contributed by atoms with Crippen LogP contribution in [0.15, 0.2) is 12.3 Å². The topological polar surface area (TPSA) is 55.8 Å². The lowest BCUT2D eigenvalue weighted by molar-refractivity contribution is -0.564. The smallest absolute Gasteiger partial charge is 0.417 e. The molecule has 0 aliphatic heterocycles. The van der Waals surface area contributed by atoms with Crippen LogP contribution >= 0.6 is 11.6 Å². The molecule has 0 atom stereocenters. The Balaban J connectivity index is 0.00000324. The van der Waals surface area contributed by atoms with Crippen molar-refractivity contribution in [1.82, 2.24) is 4.98 Å². The van der Waals surface area contributed by atoms with Crippen molar-refractivity contribution in [3.63, 3.8) is 0 Å². The number of alkyl halides is 3. The van der Waals surface area contributed by atoms with Crippen molar-refractivity contribution in [2.24, 2.45) is 0 Å². The summed E-state index contributed by atoms with van der Waals surface area (Å²) in [6, 6.07) is 0.769. The molecule has 0 saturated heterocycles. The summed E-state index contributed by atoms with van der Waals surface area (Å²) in [5, 5.41) is 1.16. The summed E-state index contributed by atoms with van der Waals surface area (Å²) in [5.74, 6) is -0.368. The van der Waals surface area contributed by atoms with Crippen LogP contribution in [-0.2, 0) is 15.7 Å². The summed E-state index contributed by atoms with van der Waals surface area (Å²) in [6.45, 7) is 1.80. The lowest BCUT2D eigenvalue weighted by atomic mass is 10.3. The maximum Gasteiger partial charge on any atom is 0.417 e. The van der Waals surface area contributed by atoms with Crippen LogP contribution < -0.4 is 17.7 Å². The third-order valence-corrected chi connectivity index (χ3v) is 2.27. The molecule has 1 rings (SSSR count). The van der Waals surface area contributed by atoms with Crippen LogP contribution in [0.4, 0.5) is 19.0 Å². The van der Waals surface area contributed by atoms with Crippen LogP contribution in [0.25, 0.3) is 0 Å². The maximum atomic E-state index is 12.3. The lowest BCUT2D eigenvalue weighted by Crippen LogP contribution is -3.00. The van der Waals surface area contributed by atoms with Gasteiger partial charge in [-0.3, -0.25) is 5.32 Å². The second kappa shape index (κ2) is 7.52. The predicted molar refractivity (Wildman–Crippen MR) is 57.3 cm³/mol. The lowest BCUT2D eigenvalue weighted by Gasteiger charge is -2.07. The maximum absolute atomic E-state index is 12.3. The van der Waals surface area contributed by atoms with Gasteiger partial charge in [-0.15, -0.1) is 0 Å². The van der Waals surface area contributed by atoms with Crippen LogP contribution in [0, 0.1) is 0 Å². The zero-order valence-corrected chi connectivity index (χ0v) is 11.3. The van der Waals surface area contributed by atoms with Crippen molar-refractivity contribution in [3.05, 3.63) is 22.8 Å². The Bertz CT molecular complexity index is 441. The molecule has 0 unspecified atom stereocenters. The molecule has 1 heterocycles. The highest BCUT2D eigenvalue weighted by Crippen LogP contribution is 2.31. The Kier molecular flexibility index (Phi) is 7.10. The standard InChI is InChI=1S/C10H10ClF3N2O2.ClH/c1-2-18-8(17)5-16-9-7(11)3-6(4-15-9)10(12,13)14;/h3-4H,2,5H2,1H3,(H,15,16);1H. The van der Waals surface area contributed by atoms with Crippen LogP contribution in [0.2, 0.25) is 5.02 Å². The average Bonchev–Trinajstić information content (AvgIpc) is 2.26. The summed E-state index contributed by atoms with van der Waals surface area (Å²) in [4.78, 5) is 14.6. The number of carbonyl (C=O) groups excluding carboxylic acids is 1. The molecule has 1 aromatic heterocycles. The fraction of sp³-hybridized carbons (Fsp3) is 0.400. The molecule has 0 fully saturated rings. The number of quaternary nitrogens is 1. The molecule has 0 aromatic carbocycles. The SMILES string of the molecule is CCOC(=O)C[NH2+]c1ncc(C(F)(F)F)cc1Cl.[Cl-]. The summed E-state index contributed by atoms with van der Waals surface area (Å²) in [5.41, 5.74) is -0.930. The van der Waals surface area contributed by atoms with Crippen LogP contribution in [-0.4, -0.2) is 24.1 Å². The number of ether oxygens (including phenoxy) is 1. The molecule has 0 bridgehead atoms. The monoisotopic (exact) mass is 318 g/mol. The molecule has 0 aliphatic carbocycles. The second-order valence-electron chi connectivity index (χ2n) is 3.30. The first-order valence-electron chi connectivity index (χ1n) is 5.06. The van der Waals surface area contributed by atoms with Crippen molar-refractivity contribution < 1.29 is 40.4 Å². The number of rotatable bonds is 4. The van der Waals surface area contributed by atoms with E-state index >= 15 is 0 Å². The van der Waals surface area contributed by atoms with Crippen molar-refractivity contribution in [3.8, 4) is 0 Å². The molecule has 0 saturated carbocycles. The predicted octanol–water partition coefficient (Wildman–Crippen LogP) is -1.48. The molecule has 4 nitrogen and oxygen atoms in total. The number of nitrogens with two attached hydrogens (primary N) is 1. The molecule has 0 radical (unpaired) electrons. The van der Waals surface area contributed by atoms with Gasteiger partial charge in [0.05, 0.1) is 12.2 Å². The first-order valence-corrected chi connectivity index (χ1v) is 5.44. The van der Waals surface area contributed by atoms with Gasteiger partial charge in [0.15, 0.2) is 6.54 Å². The van der Waals surface area contributed by atoms with Gasteiger partial charge in [0, 0.05) is 6.20 Å². The Labute approximate surface area is 118 Å². The van der Waals surface area contributed by atoms with Gasteiger partial charge in [0.2, 0.25) is 5.82 Å². The van der Waals surface area contributed by atoms with Crippen LogP contribution in [0.3, 0.4) is 0 Å². The number of esters is 1. The molecular weight excluding hydrogens is 308 g/mol. The van der Waals surface area contributed by atoms with E-state index in [0.29, 0.717) is 6.20 Å². The van der Waals surface area contributed by atoms with E-state index in [1.165, 1.54) is 5.32 Å². The van der Waals surface area contributed by atoms with E-state index in [2.05, 4.69) is 9.72 Å². The summed E-state index contributed by atoms with van der Waals surface area (Å²) in [6.07, 6.45) is -3.82. The zero-order valence-electron chi connectivity index (χ0n) is 9.80. The van der Waals surface area contributed by atoms with Gasteiger partial charge in [-0.05, 0) is 13.0 Å². The van der Waals surface area contributed by atoms with E-state index in [1.807, 2.05) is 0 Å². The van der Waals surface area contributed by atoms with E-state index in [9.17, 15) is 18.0 Å². The summed E-state index contributed by atoms with van der Waals surface area (Å²) < 4.78 is 41.7.